The minimum absolute atomic E-state index is 0.218. The van der Waals surface area contributed by atoms with Crippen molar-refractivity contribution in [2.45, 2.75) is 6.92 Å². The standard InChI is InChI=1S/C20H17ClN2O4/c1-11(24)10-22-19(26)17-18(25)15-9-13(12-3-6-14(21)7-4-12)5-8-16(15)23(2)20(17)27/h3-9,25H,10H2,1-2H3,(H,22,26). The molecule has 3 aromatic rings. The van der Waals surface area contributed by atoms with Gasteiger partial charge in [0, 0.05) is 17.5 Å². The van der Waals surface area contributed by atoms with Gasteiger partial charge in [-0.05, 0) is 42.3 Å². The van der Waals surface area contributed by atoms with E-state index in [1.54, 1.807) is 24.3 Å². The van der Waals surface area contributed by atoms with Crippen molar-refractivity contribution in [3.05, 3.63) is 63.4 Å². The van der Waals surface area contributed by atoms with Crippen molar-refractivity contribution in [3.8, 4) is 16.9 Å². The number of ketones is 1. The summed E-state index contributed by atoms with van der Waals surface area (Å²) in [5.74, 6) is -1.46. The molecular weight excluding hydrogens is 368 g/mol. The van der Waals surface area contributed by atoms with Crippen LogP contribution in [0.15, 0.2) is 47.3 Å². The van der Waals surface area contributed by atoms with Gasteiger partial charge in [0.25, 0.3) is 11.5 Å². The Kier molecular flexibility index (Phi) is 5.01. The van der Waals surface area contributed by atoms with Crippen molar-refractivity contribution in [2.75, 3.05) is 6.54 Å². The van der Waals surface area contributed by atoms with Crippen molar-refractivity contribution in [1.82, 2.24) is 9.88 Å². The molecular formula is C20H17ClN2O4. The minimum atomic E-state index is -0.790. The number of aryl methyl sites for hydroxylation is 1. The summed E-state index contributed by atoms with van der Waals surface area (Å²) in [6, 6.07) is 12.4. The molecule has 3 rings (SSSR count). The van der Waals surface area contributed by atoms with E-state index in [9.17, 15) is 19.5 Å². The van der Waals surface area contributed by atoms with Gasteiger partial charge in [0.2, 0.25) is 0 Å². The van der Waals surface area contributed by atoms with Gasteiger partial charge in [-0.25, -0.2) is 0 Å². The summed E-state index contributed by atoms with van der Waals surface area (Å²) in [5, 5.41) is 13.9. The third-order valence-corrected chi connectivity index (χ3v) is 4.52. The summed E-state index contributed by atoms with van der Waals surface area (Å²) in [7, 11) is 1.52. The van der Waals surface area contributed by atoms with Crippen molar-refractivity contribution < 1.29 is 14.7 Å². The normalized spacial score (nSPS) is 10.8. The van der Waals surface area contributed by atoms with Crippen molar-refractivity contribution in [1.29, 1.82) is 0 Å². The van der Waals surface area contributed by atoms with Gasteiger partial charge in [-0.15, -0.1) is 0 Å². The smallest absolute Gasteiger partial charge is 0.267 e. The Morgan fingerprint density at radius 3 is 2.37 bits per heavy atom. The lowest BCUT2D eigenvalue weighted by Crippen LogP contribution is -2.34. The van der Waals surface area contributed by atoms with Gasteiger partial charge in [0.1, 0.15) is 17.1 Å². The molecule has 0 radical (unpaired) electrons. The van der Waals surface area contributed by atoms with E-state index in [0.29, 0.717) is 15.9 Å². The molecule has 0 aliphatic carbocycles. The molecule has 7 heteroatoms. The fourth-order valence-electron chi connectivity index (χ4n) is 2.85. The minimum Gasteiger partial charge on any atom is -0.506 e. The number of rotatable bonds is 4. The van der Waals surface area contributed by atoms with Gasteiger partial charge in [-0.1, -0.05) is 29.8 Å². The highest BCUT2D eigenvalue weighted by atomic mass is 35.5. The lowest BCUT2D eigenvalue weighted by molar-refractivity contribution is -0.116. The van der Waals surface area contributed by atoms with Crippen LogP contribution >= 0.6 is 11.6 Å². The summed E-state index contributed by atoms with van der Waals surface area (Å²) in [5.41, 5.74) is 1.12. The van der Waals surface area contributed by atoms with Crippen LogP contribution in [0, 0.1) is 0 Å². The number of carbonyl (C=O) groups excluding carboxylic acids is 2. The number of fused-ring (bicyclic) bond motifs is 1. The largest absolute Gasteiger partial charge is 0.506 e. The maximum absolute atomic E-state index is 12.5. The van der Waals surface area contributed by atoms with Gasteiger partial charge in [-0.2, -0.15) is 0 Å². The Hall–Kier alpha value is -3.12. The van der Waals surface area contributed by atoms with Crippen LogP contribution in [0.5, 0.6) is 5.75 Å². The van der Waals surface area contributed by atoms with Crippen LogP contribution in [0.3, 0.4) is 0 Å². The highest BCUT2D eigenvalue weighted by molar-refractivity contribution is 6.30. The number of hydrogen-bond acceptors (Lipinski definition) is 4. The van der Waals surface area contributed by atoms with Crippen molar-refractivity contribution >= 4 is 34.2 Å². The molecule has 1 amide bonds. The van der Waals surface area contributed by atoms with Crippen LogP contribution in [-0.4, -0.2) is 27.9 Å². The average molecular weight is 385 g/mol. The zero-order valence-electron chi connectivity index (χ0n) is 14.7. The Morgan fingerprint density at radius 1 is 1.11 bits per heavy atom. The molecule has 0 aliphatic heterocycles. The van der Waals surface area contributed by atoms with E-state index in [4.69, 9.17) is 11.6 Å². The molecule has 0 fully saturated rings. The molecule has 1 aromatic heterocycles. The van der Waals surface area contributed by atoms with Crippen LogP contribution < -0.4 is 10.9 Å². The van der Waals surface area contributed by atoms with Crippen LogP contribution in [0.25, 0.3) is 22.0 Å². The number of nitrogens with zero attached hydrogens (tertiary/aromatic N) is 1. The lowest BCUT2D eigenvalue weighted by Gasteiger charge is -2.13. The number of pyridine rings is 1. The number of benzene rings is 2. The molecule has 6 nitrogen and oxygen atoms in total. The van der Waals surface area contributed by atoms with E-state index in [0.717, 1.165) is 11.1 Å². The lowest BCUT2D eigenvalue weighted by atomic mass is 10.0. The van der Waals surface area contributed by atoms with Gasteiger partial charge in [-0.3, -0.25) is 14.4 Å². The zero-order chi connectivity index (χ0) is 19.7. The van der Waals surface area contributed by atoms with E-state index in [2.05, 4.69) is 5.32 Å². The fourth-order valence-corrected chi connectivity index (χ4v) is 2.98. The van der Waals surface area contributed by atoms with Crippen LogP contribution in [0.4, 0.5) is 0 Å². The van der Waals surface area contributed by atoms with E-state index in [-0.39, 0.29) is 17.9 Å². The summed E-state index contributed by atoms with van der Waals surface area (Å²) in [4.78, 5) is 35.9. The second-order valence-electron chi connectivity index (χ2n) is 6.21. The number of halogens is 1. The van der Waals surface area contributed by atoms with E-state index in [1.807, 2.05) is 18.2 Å². The second kappa shape index (κ2) is 7.25. The number of hydrogen-bond donors (Lipinski definition) is 2. The van der Waals surface area contributed by atoms with Crippen molar-refractivity contribution in [2.24, 2.45) is 7.05 Å². The summed E-state index contributed by atoms with van der Waals surface area (Å²) >= 11 is 5.92. The highest BCUT2D eigenvalue weighted by Gasteiger charge is 2.21. The molecule has 0 atom stereocenters. The van der Waals surface area contributed by atoms with Crippen LogP contribution in [-0.2, 0) is 11.8 Å². The molecule has 0 bridgehead atoms. The number of aromatic nitrogens is 1. The third kappa shape index (κ3) is 3.57. The Labute approximate surface area is 160 Å². The van der Waals surface area contributed by atoms with E-state index < -0.39 is 17.2 Å². The summed E-state index contributed by atoms with van der Waals surface area (Å²) in [6.45, 7) is 1.10. The Bertz CT molecular complexity index is 1120. The molecule has 0 saturated heterocycles. The van der Waals surface area contributed by atoms with Crippen molar-refractivity contribution in [3.63, 3.8) is 0 Å². The SMILES string of the molecule is CC(=O)CNC(=O)c1c(O)c2cc(-c3ccc(Cl)cc3)ccc2n(C)c1=O. The number of Topliss-reactive ketones (excluding diaryl/α,β-unsaturated/α-hetero) is 1. The Morgan fingerprint density at radius 2 is 1.74 bits per heavy atom. The third-order valence-electron chi connectivity index (χ3n) is 4.27. The summed E-state index contributed by atoms with van der Waals surface area (Å²) in [6.07, 6.45) is 0. The second-order valence-corrected chi connectivity index (χ2v) is 6.65. The number of nitrogens with one attached hydrogen (secondary N) is 1. The Balaban J connectivity index is 2.18. The predicted molar refractivity (Wildman–Crippen MR) is 104 cm³/mol. The van der Waals surface area contributed by atoms with E-state index >= 15 is 0 Å². The first-order chi connectivity index (χ1) is 12.8. The molecule has 1 heterocycles. The fraction of sp³-hybridized carbons (Fsp3) is 0.150. The molecule has 0 spiro atoms. The molecule has 2 N–H and O–H groups in total. The number of carbonyl (C=O) groups is 2. The summed E-state index contributed by atoms with van der Waals surface area (Å²) < 4.78 is 1.30. The zero-order valence-corrected chi connectivity index (χ0v) is 15.5. The van der Waals surface area contributed by atoms with Gasteiger partial charge in [0.15, 0.2) is 0 Å². The highest BCUT2D eigenvalue weighted by Crippen LogP contribution is 2.31. The first-order valence-corrected chi connectivity index (χ1v) is 8.56. The number of aromatic hydroxyl groups is 1. The molecule has 2 aromatic carbocycles. The van der Waals surface area contributed by atoms with E-state index in [1.165, 1.54) is 18.5 Å². The van der Waals surface area contributed by atoms with Crippen LogP contribution in [0.2, 0.25) is 5.02 Å². The molecule has 27 heavy (non-hydrogen) atoms. The molecule has 0 saturated carbocycles. The van der Waals surface area contributed by atoms with Gasteiger partial charge < -0.3 is 15.0 Å². The first-order valence-electron chi connectivity index (χ1n) is 8.19. The molecule has 0 unspecified atom stereocenters. The topological polar surface area (TPSA) is 88.4 Å². The molecule has 138 valence electrons. The monoisotopic (exact) mass is 384 g/mol. The number of amides is 1. The van der Waals surface area contributed by atoms with Crippen LogP contribution in [0.1, 0.15) is 17.3 Å². The quantitative estimate of drug-likeness (QED) is 0.724. The maximum Gasteiger partial charge on any atom is 0.267 e. The first kappa shape index (κ1) is 18.7. The van der Waals surface area contributed by atoms with Gasteiger partial charge >= 0.3 is 0 Å². The maximum atomic E-state index is 12.5. The predicted octanol–water partition coefficient (Wildman–Crippen LogP) is 2.88. The average Bonchev–Trinajstić information content (AvgIpc) is 2.65. The molecule has 0 aliphatic rings. The van der Waals surface area contributed by atoms with Gasteiger partial charge in [0.05, 0.1) is 12.1 Å².